The highest BCUT2D eigenvalue weighted by Gasteiger charge is 2.47. The van der Waals surface area contributed by atoms with Gasteiger partial charge in [-0.25, -0.2) is 4.79 Å². The third-order valence-electron chi connectivity index (χ3n) is 4.89. The van der Waals surface area contributed by atoms with E-state index in [1.807, 2.05) is 0 Å². The average Bonchev–Trinajstić information content (AvgIpc) is 2.85. The number of ether oxygens (including phenoxy) is 1. The van der Waals surface area contributed by atoms with E-state index < -0.39 is 46.3 Å². The maximum Gasteiger partial charge on any atom is 0.417 e. The highest BCUT2D eigenvalue weighted by molar-refractivity contribution is 5.98. The Morgan fingerprint density at radius 2 is 1.76 bits per heavy atom. The van der Waals surface area contributed by atoms with Crippen molar-refractivity contribution in [3.8, 4) is 0 Å². The van der Waals surface area contributed by atoms with E-state index >= 15 is 0 Å². The number of nitrogens with zero attached hydrogens (tertiary/aromatic N) is 1. The van der Waals surface area contributed by atoms with Gasteiger partial charge < -0.3 is 15.0 Å². The smallest absolute Gasteiger partial charge is 0.417 e. The summed E-state index contributed by atoms with van der Waals surface area (Å²) >= 11 is 0. The van der Waals surface area contributed by atoms with Gasteiger partial charge in [-0.15, -0.1) is 0 Å². The molecule has 0 atom stereocenters. The van der Waals surface area contributed by atoms with Gasteiger partial charge in [-0.2, -0.15) is 26.3 Å². The quantitative estimate of drug-likeness (QED) is 0.323. The van der Waals surface area contributed by atoms with E-state index in [9.17, 15) is 35.9 Å². The molecule has 0 aliphatic carbocycles. The Morgan fingerprint density at radius 3 is 2.33 bits per heavy atom. The van der Waals surface area contributed by atoms with Gasteiger partial charge in [0.25, 0.3) is 0 Å². The summed E-state index contributed by atoms with van der Waals surface area (Å²) in [5.41, 5.74) is -7.17. The van der Waals surface area contributed by atoms with Crippen LogP contribution in [0.2, 0.25) is 0 Å². The Kier molecular flexibility index (Phi) is 8.29. The van der Waals surface area contributed by atoms with Crippen LogP contribution in [-0.2, 0) is 21.9 Å². The number of likely N-dealkylation sites (tertiary alicyclic amines) is 1. The molecule has 1 aliphatic heterocycles. The number of carbonyl (C=O) groups is 2. The molecule has 0 spiro atoms. The van der Waals surface area contributed by atoms with Crippen molar-refractivity contribution in [2.75, 3.05) is 25.0 Å². The van der Waals surface area contributed by atoms with Crippen molar-refractivity contribution < 1.29 is 40.7 Å². The molecule has 5 nitrogen and oxygen atoms in total. The van der Waals surface area contributed by atoms with Gasteiger partial charge in [0, 0.05) is 31.7 Å². The maximum absolute atomic E-state index is 13.7. The largest absolute Gasteiger partial charge is 0.456 e. The predicted molar refractivity (Wildman–Crippen MR) is 109 cm³/mol. The second-order valence-electron chi connectivity index (χ2n) is 8.80. The highest BCUT2D eigenvalue weighted by Crippen LogP contribution is 2.44. The number of anilines is 1. The van der Waals surface area contributed by atoms with Gasteiger partial charge in [-0.05, 0) is 52.2 Å². The number of esters is 1. The van der Waals surface area contributed by atoms with Gasteiger partial charge in [0.05, 0.1) is 16.7 Å². The fourth-order valence-corrected chi connectivity index (χ4v) is 3.50. The van der Waals surface area contributed by atoms with Crippen LogP contribution in [0.4, 0.5) is 32.0 Å². The van der Waals surface area contributed by atoms with Gasteiger partial charge in [-0.1, -0.05) is 6.42 Å². The third kappa shape index (κ3) is 7.53. The van der Waals surface area contributed by atoms with Gasteiger partial charge in [0.2, 0.25) is 5.91 Å². The lowest BCUT2D eigenvalue weighted by Crippen LogP contribution is -2.32. The number of carbonyl (C=O) groups excluding carboxylic acids is 2. The van der Waals surface area contributed by atoms with Crippen LogP contribution in [0.25, 0.3) is 0 Å². The number of rotatable bonds is 6. The van der Waals surface area contributed by atoms with E-state index in [1.165, 1.54) is 20.8 Å². The van der Waals surface area contributed by atoms with Crippen LogP contribution in [0.1, 0.15) is 74.4 Å². The number of benzene rings is 1. The predicted octanol–water partition coefficient (Wildman–Crippen LogP) is 5.68. The summed E-state index contributed by atoms with van der Waals surface area (Å²) in [7, 11) is 0. The first-order valence-corrected chi connectivity index (χ1v) is 10.6. The summed E-state index contributed by atoms with van der Waals surface area (Å²) in [5.74, 6) is -1.54. The van der Waals surface area contributed by atoms with Gasteiger partial charge in [0.15, 0.2) is 0 Å². The molecule has 1 aromatic rings. The summed E-state index contributed by atoms with van der Waals surface area (Å²) in [4.78, 5) is 26.3. The van der Waals surface area contributed by atoms with Crippen LogP contribution in [0.3, 0.4) is 0 Å². The molecule has 1 heterocycles. The summed E-state index contributed by atoms with van der Waals surface area (Å²) in [5, 5.41) is 2.60. The van der Waals surface area contributed by atoms with Crippen molar-refractivity contribution in [1.82, 2.24) is 4.90 Å². The molecule has 2 rings (SSSR count). The minimum absolute atomic E-state index is 0.0100. The van der Waals surface area contributed by atoms with Crippen LogP contribution in [0.15, 0.2) is 6.07 Å². The molecule has 1 N–H and O–H groups in total. The molecular formula is C22H27F6N2O3. The van der Waals surface area contributed by atoms with E-state index in [4.69, 9.17) is 4.74 Å². The number of halogens is 6. The van der Waals surface area contributed by atoms with Crippen molar-refractivity contribution in [2.45, 2.75) is 70.8 Å². The van der Waals surface area contributed by atoms with E-state index in [0.717, 1.165) is 19.3 Å². The molecule has 0 aromatic heterocycles. The zero-order chi connectivity index (χ0) is 25.0. The van der Waals surface area contributed by atoms with Gasteiger partial charge in [-0.3, -0.25) is 4.79 Å². The zero-order valence-corrected chi connectivity index (χ0v) is 18.7. The number of hydrogen-bond donors (Lipinski definition) is 1. The highest BCUT2D eigenvalue weighted by atomic mass is 19.4. The molecule has 1 aromatic carbocycles. The van der Waals surface area contributed by atoms with Crippen LogP contribution in [-0.4, -0.2) is 42.0 Å². The lowest BCUT2D eigenvalue weighted by molar-refractivity contribution is -0.162. The lowest BCUT2D eigenvalue weighted by atomic mass is 9.97. The molecular weight excluding hydrogens is 454 g/mol. The second kappa shape index (κ2) is 10.2. The first-order valence-electron chi connectivity index (χ1n) is 10.6. The summed E-state index contributed by atoms with van der Waals surface area (Å²) in [6, 6.07) is 2.31. The van der Waals surface area contributed by atoms with E-state index in [-0.39, 0.29) is 12.5 Å². The lowest BCUT2D eigenvalue weighted by Gasteiger charge is -2.25. The average molecular weight is 481 g/mol. The molecule has 1 aliphatic rings. The van der Waals surface area contributed by atoms with E-state index in [1.54, 1.807) is 11.0 Å². The Labute approximate surface area is 188 Å². The molecule has 11 heteroatoms. The fraction of sp³-hybridized carbons (Fsp3) is 0.636. The Morgan fingerprint density at radius 1 is 1.09 bits per heavy atom. The minimum Gasteiger partial charge on any atom is -0.456 e. The molecule has 1 radical (unpaired) electrons. The first-order chi connectivity index (χ1) is 15.1. The van der Waals surface area contributed by atoms with Crippen molar-refractivity contribution in [1.29, 1.82) is 0 Å². The topological polar surface area (TPSA) is 58.6 Å². The monoisotopic (exact) mass is 481 g/mol. The fourth-order valence-electron chi connectivity index (χ4n) is 3.50. The maximum atomic E-state index is 13.7. The first kappa shape index (κ1) is 26.8. The minimum atomic E-state index is -5.48. The zero-order valence-electron chi connectivity index (χ0n) is 18.7. The molecule has 33 heavy (non-hydrogen) atoms. The number of hydrogen-bond acceptors (Lipinski definition) is 4. The molecule has 185 valence electrons. The van der Waals surface area contributed by atoms with Crippen molar-refractivity contribution in [2.24, 2.45) is 0 Å². The Hall–Kier alpha value is -2.46. The number of amides is 1. The summed E-state index contributed by atoms with van der Waals surface area (Å²) in [6.07, 6.45) is -7.53. The standard InChI is InChI=1S/C22H27F6N2O3/c1-20(2,3)33-19(32)17-15(10-9-14(21(23,24)25)18(17)22(26,27)28)29-11-7-13-30-12-6-4-5-8-16(30)31/h10,29H,4-8,11-13H2,1-3H3. The van der Waals surface area contributed by atoms with Gasteiger partial charge >= 0.3 is 18.3 Å². The number of alkyl halides is 6. The Bertz CT molecular complexity index is 859. The van der Waals surface area contributed by atoms with Crippen LogP contribution < -0.4 is 5.32 Å². The third-order valence-corrected chi connectivity index (χ3v) is 4.89. The van der Waals surface area contributed by atoms with Gasteiger partial charge in [0.1, 0.15) is 5.60 Å². The molecule has 0 bridgehead atoms. The molecule has 1 saturated heterocycles. The molecule has 1 fully saturated rings. The van der Waals surface area contributed by atoms with Crippen molar-refractivity contribution in [3.63, 3.8) is 0 Å². The summed E-state index contributed by atoms with van der Waals surface area (Å²) in [6.45, 7) is 5.12. The molecule has 1 amide bonds. The molecule has 0 saturated carbocycles. The molecule has 0 unspecified atom stereocenters. The normalized spacial score (nSPS) is 15.9. The summed E-state index contributed by atoms with van der Waals surface area (Å²) < 4.78 is 86.2. The van der Waals surface area contributed by atoms with Crippen LogP contribution >= 0.6 is 0 Å². The number of nitrogens with one attached hydrogen (secondary N) is 1. The van der Waals surface area contributed by atoms with Crippen LogP contribution in [0, 0.1) is 6.07 Å². The van der Waals surface area contributed by atoms with E-state index in [0.29, 0.717) is 32.0 Å². The van der Waals surface area contributed by atoms with E-state index in [2.05, 4.69) is 5.32 Å². The SMILES string of the molecule is CC(C)(C)OC(=O)c1c(NCCCN2CCCCCC2=O)c[c]c(C(F)(F)F)c1C(F)(F)F. The van der Waals surface area contributed by atoms with Crippen molar-refractivity contribution in [3.05, 3.63) is 28.8 Å². The van der Waals surface area contributed by atoms with Crippen LogP contribution in [0.5, 0.6) is 0 Å². The second-order valence-corrected chi connectivity index (χ2v) is 8.80. The van der Waals surface area contributed by atoms with Crippen molar-refractivity contribution >= 4 is 17.6 Å². The Balaban J connectivity index is 2.34.